The number of anilines is 1. The van der Waals surface area contributed by atoms with Crippen LogP contribution in [0.4, 0.5) is 5.69 Å². The molecule has 1 heterocycles. The summed E-state index contributed by atoms with van der Waals surface area (Å²) in [6.07, 6.45) is -0.110. The zero-order valence-electron chi connectivity index (χ0n) is 18.7. The number of nitrogens with zero attached hydrogens (tertiary/aromatic N) is 1. The van der Waals surface area contributed by atoms with Gasteiger partial charge in [0.2, 0.25) is 5.91 Å². The highest BCUT2D eigenvalue weighted by atomic mass is 35.5. The Kier molecular flexibility index (Phi) is 7.38. The Labute approximate surface area is 197 Å². The van der Waals surface area contributed by atoms with Gasteiger partial charge in [-0.1, -0.05) is 44.5 Å². The van der Waals surface area contributed by atoms with Crippen molar-refractivity contribution in [2.75, 3.05) is 18.5 Å². The maximum absolute atomic E-state index is 12.5. The Morgan fingerprint density at radius 2 is 1.70 bits per heavy atom. The van der Waals surface area contributed by atoms with Gasteiger partial charge in [-0.2, -0.15) is 0 Å². The third-order valence-corrected chi connectivity index (χ3v) is 5.43. The summed E-state index contributed by atoms with van der Waals surface area (Å²) in [6.45, 7) is 5.71. The van der Waals surface area contributed by atoms with Crippen LogP contribution >= 0.6 is 11.6 Å². The highest BCUT2D eigenvalue weighted by Gasteiger charge is 2.36. The van der Waals surface area contributed by atoms with Crippen LogP contribution in [0, 0.1) is 5.92 Å². The standard InChI is InChI=1S/C24H26ClN3O5/c1-24(2,3)17-6-4-15(5-7-17)22(31)27-28-13-16(12-21(28)30)23(32)33-14-20(29)26-19-10-8-18(25)9-11-19/h4-11,16H,12-14H2,1-3H3,(H,26,29)(H,27,31)/t16-/m0/s1. The molecule has 8 nitrogen and oxygen atoms in total. The summed E-state index contributed by atoms with van der Waals surface area (Å²) in [4.78, 5) is 49.1. The average molecular weight is 472 g/mol. The molecule has 0 bridgehead atoms. The van der Waals surface area contributed by atoms with E-state index in [1.54, 1.807) is 36.4 Å². The number of halogens is 1. The number of hydrogen-bond acceptors (Lipinski definition) is 5. The Balaban J connectivity index is 1.48. The van der Waals surface area contributed by atoms with E-state index in [2.05, 4.69) is 31.5 Å². The second kappa shape index (κ2) is 10.0. The van der Waals surface area contributed by atoms with Gasteiger partial charge in [0.1, 0.15) is 0 Å². The Hall–Kier alpha value is -3.39. The first-order valence-electron chi connectivity index (χ1n) is 10.5. The molecule has 0 spiro atoms. The molecule has 1 aliphatic heterocycles. The topological polar surface area (TPSA) is 105 Å². The molecule has 0 radical (unpaired) electrons. The van der Waals surface area contributed by atoms with Gasteiger partial charge >= 0.3 is 5.97 Å². The van der Waals surface area contributed by atoms with E-state index in [1.165, 1.54) is 0 Å². The molecule has 2 N–H and O–H groups in total. The molecule has 33 heavy (non-hydrogen) atoms. The first-order valence-corrected chi connectivity index (χ1v) is 10.8. The van der Waals surface area contributed by atoms with Crippen molar-refractivity contribution in [3.05, 3.63) is 64.7 Å². The second-order valence-corrected chi connectivity index (χ2v) is 9.27. The lowest BCUT2D eigenvalue weighted by Crippen LogP contribution is -2.43. The molecule has 1 aliphatic rings. The normalized spacial score (nSPS) is 15.8. The molecule has 0 aromatic heterocycles. The molecule has 0 aliphatic carbocycles. The van der Waals surface area contributed by atoms with Crippen molar-refractivity contribution in [1.82, 2.24) is 10.4 Å². The minimum absolute atomic E-state index is 0.0255. The van der Waals surface area contributed by atoms with E-state index in [-0.39, 0.29) is 18.4 Å². The number of carbonyl (C=O) groups excluding carboxylic acids is 4. The van der Waals surface area contributed by atoms with Crippen LogP contribution in [0.1, 0.15) is 43.1 Å². The van der Waals surface area contributed by atoms with Crippen LogP contribution in [0.25, 0.3) is 0 Å². The molecular weight excluding hydrogens is 446 g/mol. The maximum atomic E-state index is 12.5. The summed E-state index contributed by atoms with van der Waals surface area (Å²) in [6, 6.07) is 13.6. The van der Waals surface area contributed by atoms with Crippen LogP contribution in [-0.2, 0) is 24.5 Å². The monoisotopic (exact) mass is 471 g/mol. The van der Waals surface area contributed by atoms with Crippen molar-refractivity contribution in [3.8, 4) is 0 Å². The molecule has 9 heteroatoms. The van der Waals surface area contributed by atoms with Gasteiger partial charge in [0, 0.05) is 22.7 Å². The number of esters is 1. The molecular formula is C24H26ClN3O5. The summed E-state index contributed by atoms with van der Waals surface area (Å²) in [5, 5.41) is 4.22. The van der Waals surface area contributed by atoms with Gasteiger partial charge in [-0.05, 0) is 47.4 Å². The van der Waals surface area contributed by atoms with Crippen LogP contribution in [0.15, 0.2) is 48.5 Å². The van der Waals surface area contributed by atoms with Gasteiger partial charge < -0.3 is 10.1 Å². The molecule has 174 valence electrons. The van der Waals surface area contributed by atoms with E-state index < -0.39 is 36.2 Å². The van der Waals surface area contributed by atoms with Crippen molar-refractivity contribution in [1.29, 1.82) is 0 Å². The fourth-order valence-electron chi connectivity index (χ4n) is 3.27. The number of ether oxygens (including phenoxy) is 1. The van der Waals surface area contributed by atoms with Gasteiger partial charge in [0.05, 0.1) is 12.5 Å². The predicted octanol–water partition coefficient (Wildman–Crippen LogP) is 3.31. The molecule has 0 saturated carbocycles. The Morgan fingerprint density at radius 1 is 1.06 bits per heavy atom. The van der Waals surface area contributed by atoms with E-state index in [0.29, 0.717) is 16.3 Å². The number of benzene rings is 2. The SMILES string of the molecule is CC(C)(C)c1ccc(C(=O)NN2C[C@@H](C(=O)OCC(=O)Nc3ccc(Cl)cc3)CC2=O)cc1. The van der Waals surface area contributed by atoms with Gasteiger partial charge in [-0.15, -0.1) is 0 Å². The zero-order chi connectivity index (χ0) is 24.2. The van der Waals surface area contributed by atoms with Crippen LogP contribution in [0.3, 0.4) is 0 Å². The molecule has 1 atom stereocenters. The van der Waals surface area contributed by atoms with E-state index in [1.807, 2.05) is 12.1 Å². The van der Waals surface area contributed by atoms with Crippen molar-refractivity contribution in [2.24, 2.45) is 5.92 Å². The Morgan fingerprint density at radius 3 is 2.30 bits per heavy atom. The third-order valence-electron chi connectivity index (χ3n) is 5.18. The minimum Gasteiger partial charge on any atom is -0.455 e. The largest absolute Gasteiger partial charge is 0.455 e. The summed E-state index contributed by atoms with van der Waals surface area (Å²) >= 11 is 5.80. The van der Waals surface area contributed by atoms with Crippen molar-refractivity contribution in [2.45, 2.75) is 32.6 Å². The van der Waals surface area contributed by atoms with E-state index in [9.17, 15) is 19.2 Å². The fourth-order valence-corrected chi connectivity index (χ4v) is 3.39. The molecule has 2 aromatic carbocycles. The van der Waals surface area contributed by atoms with Gasteiger partial charge in [-0.25, -0.2) is 0 Å². The maximum Gasteiger partial charge on any atom is 0.311 e. The summed E-state index contributed by atoms with van der Waals surface area (Å²) in [5.74, 6) is -2.81. The number of hydrazine groups is 1. The highest BCUT2D eigenvalue weighted by Crippen LogP contribution is 2.23. The van der Waals surface area contributed by atoms with Gasteiger partial charge in [0.15, 0.2) is 6.61 Å². The summed E-state index contributed by atoms with van der Waals surface area (Å²) < 4.78 is 5.05. The van der Waals surface area contributed by atoms with E-state index in [4.69, 9.17) is 16.3 Å². The van der Waals surface area contributed by atoms with E-state index >= 15 is 0 Å². The number of rotatable bonds is 6. The molecule has 1 fully saturated rings. The third kappa shape index (κ3) is 6.55. The Bertz CT molecular complexity index is 1050. The first kappa shape index (κ1) is 24.3. The smallest absolute Gasteiger partial charge is 0.311 e. The quantitative estimate of drug-likeness (QED) is 0.629. The van der Waals surface area contributed by atoms with Crippen LogP contribution < -0.4 is 10.7 Å². The number of nitrogens with one attached hydrogen (secondary N) is 2. The van der Waals surface area contributed by atoms with Gasteiger partial charge in [0.25, 0.3) is 11.8 Å². The van der Waals surface area contributed by atoms with Gasteiger partial charge in [-0.3, -0.25) is 29.6 Å². The van der Waals surface area contributed by atoms with Crippen LogP contribution in [0.5, 0.6) is 0 Å². The van der Waals surface area contributed by atoms with E-state index in [0.717, 1.165) is 10.6 Å². The molecule has 3 amide bonds. The molecule has 2 aromatic rings. The van der Waals surface area contributed by atoms with Crippen molar-refractivity contribution >= 4 is 41.0 Å². The number of carbonyl (C=O) groups is 4. The molecule has 3 rings (SSSR count). The summed E-state index contributed by atoms with van der Waals surface area (Å²) in [7, 11) is 0. The average Bonchev–Trinajstić information content (AvgIpc) is 3.13. The second-order valence-electron chi connectivity index (χ2n) is 8.84. The first-order chi connectivity index (χ1) is 15.5. The van der Waals surface area contributed by atoms with Crippen molar-refractivity contribution < 1.29 is 23.9 Å². The number of amides is 3. The fraction of sp³-hybridized carbons (Fsp3) is 0.333. The lowest BCUT2D eigenvalue weighted by molar-refractivity contribution is -0.151. The molecule has 1 saturated heterocycles. The highest BCUT2D eigenvalue weighted by molar-refractivity contribution is 6.30. The lowest BCUT2D eigenvalue weighted by Gasteiger charge is -2.20. The zero-order valence-corrected chi connectivity index (χ0v) is 19.4. The lowest BCUT2D eigenvalue weighted by atomic mass is 9.87. The predicted molar refractivity (Wildman–Crippen MR) is 123 cm³/mol. The van der Waals surface area contributed by atoms with Crippen molar-refractivity contribution in [3.63, 3.8) is 0 Å². The van der Waals surface area contributed by atoms with Crippen LogP contribution in [-0.4, -0.2) is 41.9 Å². The minimum atomic E-state index is -0.774. The van der Waals surface area contributed by atoms with Crippen LogP contribution in [0.2, 0.25) is 5.02 Å². The summed E-state index contributed by atoms with van der Waals surface area (Å²) in [5.41, 5.74) is 4.50. The molecule has 0 unspecified atom stereocenters. The number of hydrogen-bond donors (Lipinski definition) is 2.